The Balaban J connectivity index is 3.01. The van der Waals surface area contributed by atoms with E-state index in [1.807, 2.05) is 0 Å². The van der Waals surface area contributed by atoms with Gasteiger partial charge in [-0.15, -0.1) is 0 Å². The van der Waals surface area contributed by atoms with Gasteiger partial charge in [0.1, 0.15) is 12.8 Å². The number of amides is 1. The van der Waals surface area contributed by atoms with Crippen LogP contribution in [0.15, 0.2) is 0 Å². The van der Waals surface area contributed by atoms with Crippen molar-refractivity contribution in [1.82, 2.24) is 0 Å². The highest BCUT2D eigenvalue weighted by atomic mass is 19.1. The van der Waals surface area contributed by atoms with E-state index < -0.39 is 12.3 Å². The van der Waals surface area contributed by atoms with Crippen molar-refractivity contribution < 1.29 is 37.6 Å². The summed E-state index contributed by atoms with van der Waals surface area (Å²) in [6, 6.07) is 0. The lowest BCUT2D eigenvalue weighted by Gasteiger charge is -2.08. The van der Waals surface area contributed by atoms with Crippen LogP contribution in [0.25, 0.3) is 0 Å². The number of hydrogen-bond acceptors (Lipinski definition) is 8. The second kappa shape index (κ2) is 18.3. The summed E-state index contributed by atoms with van der Waals surface area (Å²) in [7, 11) is 0. The van der Waals surface area contributed by atoms with Gasteiger partial charge in [-0.05, 0) is 0 Å². The fourth-order valence-electron chi connectivity index (χ4n) is 1.36. The largest absolute Gasteiger partial charge is 0.447 e. The van der Waals surface area contributed by atoms with Crippen LogP contribution in [0.3, 0.4) is 0 Å². The van der Waals surface area contributed by atoms with Gasteiger partial charge in [-0.2, -0.15) is 0 Å². The molecule has 0 saturated heterocycles. The van der Waals surface area contributed by atoms with Crippen LogP contribution >= 0.6 is 0 Å². The molecule has 4 N–H and O–H groups in total. The summed E-state index contributed by atoms with van der Waals surface area (Å²) in [4.78, 5) is 10.3. The average molecular weight is 356 g/mol. The molecule has 1 unspecified atom stereocenters. The molecule has 0 aliphatic rings. The van der Waals surface area contributed by atoms with Crippen molar-refractivity contribution in [2.24, 2.45) is 11.5 Å². The lowest BCUT2D eigenvalue weighted by atomic mass is 10.4. The molecule has 0 aromatic heterocycles. The van der Waals surface area contributed by atoms with Crippen molar-refractivity contribution in [2.45, 2.75) is 6.17 Å². The SMILES string of the molecule is NCC(F)COCCOCCOCCOCCOCCOC(N)=O. The highest BCUT2D eigenvalue weighted by molar-refractivity contribution is 5.64. The Hall–Kier alpha value is -1.04. The number of carbonyl (C=O) groups excluding carboxylic acids is 1. The van der Waals surface area contributed by atoms with Gasteiger partial charge in [-0.3, -0.25) is 0 Å². The van der Waals surface area contributed by atoms with Gasteiger partial charge in [-0.25, -0.2) is 9.18 Å². The van der Waals surface area contributed by atoms with Crippen molar-refractivity contribution in [3.8, 4) is 0 Å². The molecule has 0 heterocycles. The third kappa shape index (κ3) is 19.0. The van der Waals surface area contributed by atoms with Crippen LogP contribution in [-0.4, -0.2) is 91.5 Å². The summed E-state index contributed by atoms with van der Waals surface area (Å²) in [5.74, 6) is 0. The van der Waals surface area contributed by atoms with Crippen molar-refractivity contribution >= 4 is 6.09 Å². The normalized spacial score (nSPS) is 12.2. The zero-order valence-electron chi connectivity index (χ0n) is 14.0. The Labute approximate surface area is 141 Å². The van der Waals surface area contributed by atoms with Gasteiger partial charge in [0.15, 0.2) is 0 Å². The molecule has 0 aliphatic heterocycles. The summed E-state index contributed by atoms with van der Waals surface area (Å²) in [5, 5.41) is 0. The monoisotopic (exact) mass is 356 g/mol. The molecule has 0 radical (unpaired) electrons. The van der Waals surface area contributed by atoms with E-state index in [9.17, 15) is 9.18 Å². The van der Waals surface area contributed by atoms with E-state index in [4.69, 9.17) is 35.2 Å². The van der Waals surface area contributed by atoms with Crippen LogP contribution in [0.1, 0.15) is 0 Å². The maximum Gasteiger partial charge on any atom is 0.404 e. The first kappa shape index (κ1) is 23.0. The molecule has 9 nitrogen and oxygen atoms in total. The minimum absolute atomic E-state index is 0.00438. The number of nitrogens with two attached hydrogens (primary N) is 2. The summed E-state index contributed by atoms with van der Waals surface area (Å²) < 4.78 is 43.1. The minimum atomic E-state index is -1.12. The Morgan fingerprint density at radius 1 is 0.750 bits per heavy atom. The molecular weight excluding hydrogens is 327 g/mol. The Bertz CT molecular complexity index is 288. The zero-order chi connectivity index (χ0) is 17.9. The standard InChI is InChI=1S/C14H29FN2O7/c15-13(11-16)12-23-8-7-21-4-3-19-1-2-20-5-6-22-9-10-24-14(17)18/h13H,1-12,16H2,(H2,17,18). The molecule has 0 rings (SSSR count). The molecule has 0 fully saturated rings. The summed E-state index contributed by atoms with van der Waals surface area (Å²) >= 11 is 0. The van der Waals surface area contributed by atoms with E-state index >= 15 is 0 Å². The van der Waals surface area contributed by atoms with Crippen LogP contribution in [0.5, 0.6) is 0 Å². The van der Waals surface area contributed by atoms with Crippen LogP contribution < -0.4 is 11.5 Å². The first-order chi connectivity index (χ1) is 11.7. The van der Waals surface area contributed by atoms with Crippen LogP contribution in [-0.2, 0) is 28.4 Å². The smallest absolute Gasteiger partial charge is 0.404 e. The molecule has 0 bridgehead atoms. The molecule has 24 heavy (non-hydrogen) atoms. The predicted octanol–water partition coefficient (Wildman–Crippen LogP) is -0.538. The number of hydrogen-bond donors (Lipinski definition) is 2. The lowest BCUT2D eigenvalue weighted by Crippen LogP contribution is -2.22. The highest BCUT2D eigenvalue weighted by Crippen LogP contribution is 1.89. The van der Waals surface area contributed by atoms with E-state index in [1.165, 1.54) is 0 Å². The molecule has 0 aromatic rings. The van der Waals surface area contributed by atoms with Crippen molar-refractivity contribution in [3.63, 3.8) is 0 Å². The van der Waals surface area contributed by atoms with Gasteiger partial charge in [0, 0.05) is 6.54 Å². The molecule has 0 aromatic carbocycles. The maximum atomic E-state index is 12.7. The van der Waals surface area contributed by atoms with Crippen LogP contribution in [0, 0.1) is 0 Å². The number of ether oxygens (including phenoxy) is 6. The molecule has 10 heteroatoms. The lowest BCUT2D eigenvalue weighted by molar-refractivity contribution is -0.0165. The summed E-state index contributed by atoms with van der Waals surface area (Å²) in [5.41, 5.74) is 9.89. The summed E-state index contributed by atoms with van der Waals surface area (Å²) in [6.45, 7) is 3.67. The molecule has 0 spiro atoms. The van der Waals surface area contributed by atoms with E-state index in [1.54, 1.807) is 0 Å². The third-order valence-electron chi connectivity index (χ3n) is 2.51. The maximum absolute atomic E-state index is 12.7. The number of rotatable bonds is 18. The number of primary amides is 1. The van der Waals surface area contributed by atoms with Gasteiger partial charge in [-0.1, -0.05) is 0 Å². The Kier molecular flexibility index (Phi) is 17.5. The van der Waals surface area contributed by atoms with Gasteiger partial charge in [0.2, 0.25) is 0 Å². The van der Waals surface area contributed by atoms with Gasteiger partial charge in [0.25, 0.3) is 0 Å². The van der Waals surface area contributed by atoms with Crippen molar-refractivity contribution in [2.75, 3.05) is 79.2 Å². The molecule has 144 valence electrons. The fraction of sp³-hybridized carbons (Fsp3) is 0.929. The Morgan fingerprint density at radius 3 is 1.50 bits per heavy atom. The minimum Gasteiger partial charge on any atom is -0.447 e. The van der Waals surface area contributed by atoms with Crippen LogP contribution in [0.2, 0.25) is 0 Å². The molecule has 0 aliphatic carbocycles. The molecule has 0 saturated carbocycles. The second-order valence-corrected chi connectivity index (χ2v) is 4.52. The highest BCUT2D eigenvalue weighted by Gasteiger charge is 2.02. The van der Waals surface area contributed by atoms with Gasteiger partial charge in [0.05, 0.1) is 66.1 Å². The number of alkyl halides is 1. The first-order valence-electron chi connectivity index (χ1n) is 7.82. The Morgan fingerprint density at radius 2 is 1.12 bits per heavy atom. The molecular formula is C14H29FN2O7. The topological polar surface area (TPSA) is 124 Å². The van der Waals surface area contributed by atoms with Crippen molar-refractivity contribution in [3.05, 3.63) is 0 Å². The molecule has 1 amide bonds. The second-order valence-electron chi connectivity index (χ2n) is 4.52. The quantitative estimate of drug-likeness (QED) is 0.314. The predicted molar refractivity (Wildman–Crippen MR) is 83.6 cm³/mol. The van der Waals surface area contributed by atoms with E-state index in [-0.39, 0.29) is 26.4 Å². The van der Waals surface area contributed by atoms with Crippen molar-refractivity contribution in [1.29, 1.82) is 0 Å². The van der Waals surface area contributed by atoms with E-state index in [0.717, 1.165) is 0 Å². The zero-order valence-corrected chi connectivity index (χ0v) is 14.0. The van der Waals surface area contributed by atoms with Gasteiger partial charge < -0.3 is 39.9 Å². The average Bonchev–Trinajstić information content (AvgIpc) is 2.57. The number of carbonyl (C=O) groups is 1. The van der Waals surface area contributed by atoms with E-state index in [0.29, 0.717) is 52.9 Å². The summed E-state index contributed by atoms with van der Waals surface area (Å²) in [6.07, 6.45) is -1.94. The van der Waals surface area contributed by atoms with E-state index in [2.05, 4.69) is 4.74 Å². The third-order valence-corrected chi connectivity index (χ3v) is 2.51. The first-order valence-corrected chi connectivity index (χ1v) is 7.82. The fourth-order valence-corrected chi connectivity index (χ4v) is 1.36. The molecule has 1 atom stereocenters. The van der Waals surface area contributed by atoms with Crippen LogP contribution in [0.4, 0.5) is 9.18 Å². The van der Waals surface area contributed by atoms with Gasteiger partial charge >= 0.3 is 6.09 Å². The number of halogens is 1.